The van der Waals surface area contributed by atoms with E-state index in [9.17, 15) is 22.8 Å². The van der Waals surface area contributed by atoms with Gasteiger partial charge >= 0.3 is 6.09 Å². The van der Waals surface area contributed by atoms with Crippen LogP contribution in [-0.2, 0) is 31.0 Å². The highest BCUT2D eigenvalue weighted by molar-refractivity contribution is 7.90. The fourth-order valence-corrected chi connectivity index (χ4v) is 3.91. The van der Waals surface area contributed by atoms with Crippen LogP contribution in [0.15, 0.2) is 64.5 Å². The highest BCUT2D eigenvalue weighted by Gasteiger charge is 2.22. The van der Waals surface area contributed by atoms with Crippen molar-refractivity contribution in [1.82, 2.24) is 20.8 Å². The Kier molecular flexibility index (Phi) is 11.3. The number of carbonyl (C=O) groups excluding carboxylic acids is 3. The first-order valence-electron chi connectivity index (χ1n) is 11.2. The summed E-state index contributed by atoms with van der Waals surface area (Å²) in [5.74, 6) is 3.42. The van der Waals surface area contributed by atoms with Crippen molar-refractivity contribution >= 4 is 33.9 Å². The van der Waals surface area contributed by atoms with Gasteiger partial charge in [0.25, 0.3) is 15.9 Å². The SMILES string of the molecule is Cc1ccc(S(=O)(=O)NC(N)=NCCC[C@H](NC(=O)OCc2ccccc2)C(=O)NCC(=O)NN)cc1. The Labute approximate surface area is 215 Å². The summed E-state index contributed by atoms with van der Waals surface area (Å²) < 4.78 is 32.1. The number of guanidine groups is 1. The molecule has 0 unspecified atom stereocenters. The first kappa shape index (κ1) is 29.1. The maximum atomic E-state index is 12.5. The summed E-state index contributed by atoms with van der Waals surface area (Å²) in [7, 11) is -3.90. The smallest absolute Gasteiger partial charge is 0.408 e. The standard InChI is InChI=1S/C23H31N7O6S/c1-16-9-11-18(12-10-16)37(34,35)30-22(24)26-13-5-8-19(21(32)27-14-20(31)29-25)28-23(33)36-15-17-6-3-2-4-7-17/h2-4,6-7,9-12,19H,5,8,13-15,25H2,1H3,(H,27,32)(H,28,33)(H,29,31)(H3,24,26,30)/t19-/m0/s1. The number of alkyl carbamates (subject to hydrolysis) is 1. The molecule has 37 heavy (non-hydrogen) atoms. The van der Waals surface area contributed by atoms with Crippen LogP contribution in [0.2, 0.25) is 0 Å². The molecular weight excluding hydrogens is 502 g/mol. The second-order valence-electron chi connectivity index (χ2n) is 7.87. The number of ether oxygens (including phenoxy) is 1. The average molecular weight is 534 g/mol. The van der Waals surface area contributed by atoms with E-state index >= 15 is 0 Å². The number of rotatable bonds is 12. The summed E-state index contributed by atoms with van der Waals surface area (Å²) >= 11 is 0. The van der Waals surface area contributed by atoms with Crippen LogP contribution in [0, 0.1) is 6.92 Å². The van der Waals surface area contributed by atoms with Crippen molar-refractivity contribution < 1.29 is 27.5 Å². The zero-order valence-electron chi connectivity index (χ0n) is 20.3. The molecule has 0 aliphatic rings. The Balaban J connectivity index is 1.92. The summed E-state index contributed by atoms with van der Waals surface area (Å²) in [4.78, 5) is 40.1. The van der Waals surface area contributed by atoms with Crippen LogP contribution >= 0.6 is 0 Å². The Morgan fingerprint density at radius 3 is 2.38 bits per heavy atom. The van der Waals surface area contributed by atoms with Crippen LogP contribution in [0.5, 0.6) is 0 Å². The molecule has 2 aromatic carbocycles. The summed E-state index contributed by atoms with van der Waals surface area (Å²) in [5, 5.41) is 4.82. The fourth-order valence-electron chi connectivity index (χ4n) is 2.96. The van der Waals surface area contributed by atoms with Crippen molar-refractivity contribution in [2.45, 2.75) is 37.3 Å². The largest absolute Gasteiger partial charge is 0.445 e. The maximum absolute atomic E-state index is 12.5. The number of hydrazine groups is 1. The minimum absolute atomic E-state index is 0.00144. The van der Waals surface area contributed by atoms with Gasteiger partial charge in [0.15, 0.2) is 0 Å². The van der Waals surface area contributed by atoms with Gasteiger partial charge in [0.1, 0.15) is 12.6 Å². The molecule has 14 heteroatoms. The predicted molar refractivity (Wildman–Crippen MR) is 136 cm³/mol. The number of carbonyl (C=O) groups is 3. The summed E-state index contributed by atoms with van der Waals surface area (Å²) in [6, 6.07) is 14.1. The number of sulfonamides is 1. The number of hydrogen-bond acceptors (Lipinski definition) is 8. The zero-order chi connectivity index (χ0) is 27.3. The molecule has 0 aromatic heterocycles. The third kappa shape index (κ3) is 10.5. The van der Waals surface area contributed by atoms with Crippen LogP contribution in [0.25, 0.3) is 0 Å². The molecule has 0 radical (unpaired) electrons. The molecule has 0 saturated carbocycles. The van der Waals surface area contributed by atoms with Gasteiger partial charge in [-0.3, -0.25) is 20.0 Å². The lowest BCUT2D eigenvalue weighted by Gasteiger charge is -2.18. The molecule has 8 N–H and O–H groups in total. The van der Waals surface area contributed by atoms with Crippen molar-refractivity contribution in [2.24, 2.45) is 16.6 Å². The topological polar surface area (TPSA) is 207 Å². The third-order valence-electron chi connectivity index (χ3n) is 4.91. The number of aliphatic imine (C=N–C) groups is 1. The molecule has 0 heterocycles. The first-order valence-corrected chi connectivity index (χ1v) is 12.7. The van der Waals surface area contributed by atoms with Gasteiger partial charge in [-0.2, -0.15) is 0 Å². The zero-order valence-corrected chi connectivity index (χ0v) is 21.1. The molecule has 0 aliphatic carbocycles. The lowest BCUT2D eigenvalue weighted by Crippen LogP contribution is -2.49. The number of nitrogens with two attached hydrogens (primary N) is 2. The Hall–Kier alpha value is -4.17. The summed E-state index contributed by atoms with van der Waals surface area (Å²) in [5.41, 5.74) is 9.26. The molecule has 0 spiro atoms. The van der Waals surface area contributed by atoms with E-state index in [4.69, 9.17) is 16.3 Å². The number of amides is 3. The normalized spacial score (nSPS) is 12.2. The van der Waals surface area contributed by atoms with E-state index in [2.05, 4.69) is 20.3 Å². The van der Waals surface area contributed by atoms with Crippen LogP contribution in [-0.4, -0.2) is 51.4 Å². The highest BCUT2D eigenvalue weighted by atomic mass is 32.2. The molecule has 3 amide bonds. The van der Waals surface area contributed by atoms with E-state index in [1.165, 1.54) is 12.1 Å². The van der Waals surface area contributed by atoms with Crippen LogP contribution < -0.4 is 32.4 Å². The van der Waals surface area contributed by atoms with Crippen molar-refractivity contribution in [1.29, 1.82) is 0 Å². The van der Waals surface area contributed by atoms with Gasteiger partial charge in [0, 0.05) is 6.54 Å². The van der Waals surface area contributed by atoms with Crippen molar-refractivity contribution in [3.63, 3.8) is 0 Å². The second-order valence-corrected chi connectivity index (χ2v) is 9.55. The number of hydrogen-bond donors (Lipinski definition) is 6. The highest BCUT2D eigenvalue weighted by Crippen LogP contribution is 2.09. The predicted octanol–water partition coefficient (Wildman–Crippen LogP) is -0.231. The number of nitrogens with one attached hydrogen (secondary N) is 4. The number of nitrogens with zero attached hydrogens (tertiary/aromatic N) is 1. The number of aryl methyl sites for hydroxylation is 1. The van der Waals surface area contributed by atoms with E-state index in [1.54, 1.807) is 36.4 Å². The summed E-state index contributed by atoms with van der Waals surface area (Å²) in [6.07, 6.45) is -0.494. The third-order valence-corrected chi connectivity index (χ3v) is 6.28. The van der Waals surface area contributed by atoms with E-state index in [-0.39, 0.29) is 36.8 Å². The lowest BCUT2D eigenvalue weighted by atomic mass is 10.1. The molecule has 2 rings (SSSR count). The van der Waals surface area contributed by atoms with Crippen LogP contribution in [0.1, 0.15) is 24.0 Å². The molecule has 0 saturated heterocycles. The van der Waals surface area contributed by atoms with Crippen LogP contribution in [0.4, 0.5) is 4.79 Å². The van der Waals surface area contributed by atoms with E-state index in [0.717, 1.165) is 11.1 Å². The van der Waals surface area contributed by atoms with Gasteiger partial charge < -0.3 is 21.1 Å². The minimum atomic E-state index is -3.90. The molecule has 0 fully saturated rings. The minimum Gasteiger partial charge on any atom is -0.445 e. The average Bonchev–Trinajstić information content (AvgIpc) is 2.88. The van der Waals surface area contributed by atoms with Gasteiger partial charge in [0.05, 0.1) is 11.4 Å². The molecule has 0 bridgehead atoms. The molecule has 2 aromatic rings. The molecule has 1 atom stereocenters. The van der Waals surface area contributed by atoms with Gasteiger partial charge in [0.2, 0.25) is 11.9 Å². The van der Waals surface area contributed by atoms with Crippen LogP contribution in [0.3, 0.4) is 0 Å². The Morgan fingerprint density at radius 2 is 1.73 bits per heavy atom. The molecule has 0 aliphatic heterocycles. The van der Waals surface area contributed by atoms with Crippen molar-refractivity contribution in [2.75, 3.05) is 13.1 Å². The van der Waals surface area contributed by atoms with Gasteiger partial charge in [-0.05, 0) is 37.5 Å². The Bertz CT molecular complexity index is 1190. The quantitative estimate of drug-likeness (QED) is 0.0535. The second kappa shape index (κ2) is 14.4. The Morgan fingerprint density at radius 1 is 1.05 bits per heavy atom. The number of benzene rings is 2. The van der Waals surface area contributed by atoms with Gasteiger partial charge in [-0.1, -0.05) is 48.0 Å². The molecule has 13 nitrogen and oxygen atoms in total. The molecular formula is C23H31N7O6S. The first-order chi connectivity index (χ1) is 17.6. The monoisotopic (exact) mass is 533 g/mol. The van der Waals surface area contributed by atoms with Gasteiger partial charge in [-0.15, -0.1) is 0 Å². The molecule has 200 valence electrons. The van der Waals surface area contributed by atoms with Crippen molar-refractivity contribution in [3.8, 4) is 0 Å². The summed E-state index contributed by atoms with van der Waals surface area (Å²) in [6.45, 7) is 1.49. The van der Waals surface area contributed by atoms with Gasteiger partial charge in [-0.25, -0.2) is 23.8 Å². The fraction of sp³-hybridized carbons (Fsp3) is 0.304. The van der Waals surface area contributed by atoms with E-state index in [0.29, 0.717) is 0 Å². The maximum Gasteiger partial charge on any atom is 0.408 e. The lowest BCUT2D eigenvalue weighted by molar-refractivity contribution is -0.127. The van der Waals surface area contributed by atoms with E-state index < -0.39 is 40.5 Å². The van der Waals surface area contributed by atoms with E-state index in [1.807, 2.05) is 18.4 Å². The van der Waals surface area contributed by atoms with Crippen molar-refractivity contribution in [3.05, 3.63) is 65.7 Å².